The van der Waals surface area contributed by atoms with Crippen LogP contribution in [0.15, 0.2) is 12.1 Å². The molecule has 19 heavy (non-hydrogen) atoms. The van der Waals surface area contributed by atoms with Crippen molar-refractivity contribution >= 4 is 23.3 Å². The Kier molecular flexibility index (Phi) is 3.44. The molecule has 1 aliphatic carbocycles. The predicted octanol–water partition coefficient (Wildman–Crippen LogP) is 5.04. The van der Waals surface area contributed by atoms with Crippen molar-refractivity contribution in [3.05, 3.63) is 28.3 Å². The van der Waals surface area contributed by atoms with E-state index in [2.05, 4.69) is 9.55 Å². The molecule has 2 nitrogen and oxygen atoms in total. The first kappa shape index (κ1) is 12.9. The summed E-state index contributed by atoms with van der Waals surface area (Å²) in [5, 5.41) is 0. The Balaban J connectivity index is 2.14. The minimum atomic E-state index is -0.170. The van der Waals surface area contributed by atoms with E-state index in [1.54, 1.807) is 6.07 Å². The largest absolute Gasteiger partial charge is 0.330 e. The van der Waals surface area contributed by atoms with E-state index in [0.717, 1.165) is 15.8 Å². The number of aromatic amines is 1. The number of aromatic nitrogens is 2. The van der Waals surface area contributed by atoms with Gasteiger partial charge in [0, 0.05) is 6.04 Å². The molecule has 1 aromatic heterocycles. The Morgan fingerprint density at radius 3 is 2.58 bits per heavy atom. The molecule has 0 aliphatic heterocycles. The molecule has 1 saturated carbocycles. The zero-order chi connectivity index (χ0) is 13.4. The third-order valence-electron chi connectivity index (χ3n) is 4.19. The smallest absolute Gasteiger partial charge is 0.178 e. The SMILES string of the molecule is Cc1cc2c(cc1F)[nH]c(=S)n2C1CCCCCC1. The Bertz CT molecular complexity index is 648. The molecule has 0 spiro atoms. The van der Waals surface area contributed by atoms with Gasteiger partial charge in [0.05, 0.1) is 11.0 Å². The molecule has 1 heterocycles. The maximum atomic E-state index is 13.6. The molecule has 1 aromatic carbocycles. The number of hydrogen-bond acceptors (Lipinski definition) is 1. The fourth-order valence-electron chi connectivity index (χ4n) is 3.13. The Morgan fingerprint density at radius 2 is 1.89 bits per heavy atom. The molecule has 1 aliphatic rings. The number of hydrogen-bond donors (Lipinski definition) is 1. The van der Waals surface area contributed by atoms with Crippen molar-refractivity contribution in [2.45, 2.75) is 51.5 Å². The van der Waals surface area contributed by atoms with E-state index in [0.29, 0.717) is 11.6 Å². The molecule has 0 unspecified atom stereocenters. The Morgan fingerprint density at radius 1 is 1.21 bits per heavy atom. The molecule has 0 atom stereocenters. The Labute approximate surface area is 117 Å². The van der Waals surface area contributed by atoms with Crippen LogP contribution in [0.1, 0.15) is 50.1 Å². The van der Waals surface area contributed by atoms with Gasteiger partial charge in [0.25, 0.3) is 0 Å². The van der Waals surface area contributed by atoms with Gasteiger partial charge in [-0.25, -0.2) is 4.39 Å². The number of H-pyrrole nitrogens is 1. The van der Waals surface area contributed by atoms with Crippen molar-refractivity contribution in [2.24, 2.45) is 0 Å². The molecular formula is C15H19FN2S. The van der Waals surface area contributed by atoms with Crippen LogP contribution in [0.3, 0.4) is 0 Å². The highest BCUT2D eigenvalue weighted by atomic mass is 32.1. The van der Waals surface area contributed by atoms with Crippen LogP contribution in [-0.4, -0.2) is 9.55 Å². The van der Waals surface area contributed by atoms with Crippen molar-refractivity contribution in [3.63, 3.8) is 0 Å². The lowest BCUT2D eigenvalue weighted by atomic mass is 10.1. The number of nitrogens with zero attached hydrogens (tertiary/aromatic N) is 1. The highest BCUT2D eigenvalue weighted by molar-refractivity contribution is 7.71. The summed E-state index contributed by atoms with van der Waals surface area (Å²) in [6.45, 7) is 1.81. The fraction of sp³-hybridized carbons (Fsp3) is 0.533. The van der Waals surface area contributed by atoms with Gasteiger partial charge in [0.15, 0.2) is 4.77 Å². The second-order valence-corrected chi connectivity index (χ2v) is 5.95. The lowest BCUT2D eigenvalue weighted by Gasteiger charge is -2.17. The number of fused-ring (bicyclic) bond motifs is 1. The van der Waals surface area contributed by atoms with Gasteiger partial charge in [0.1, 0.15) is 5.82 Å². The van der Waals surface area contributed by atoms with Gasteiger partial charge in [-0.05, 0) is 49.7 Å². The molecule has 2 aromatic rings. The minimum Gasteiger partial charge on any atom is -0.330 e. The number of halogens is 1. The van der Waals surface area contributed by atoms with Crippen LogP contribution in [0.2, 0.25) is 0 Å². The van der Waals surface area contributed by atoms with E-state index < -0.39 is 0 Å². The maximum absolute atomic E-state index is 13.6. The van der Waals surface area contributed by atoms with Crippen molar-refractivity contribution in [3.8, 4) is 0 Å². The maximum Gasteiger partial charge on any atom is 0.178 e. The zero-order valence-electron chi connectivity index (χ0n) is 11.2. The zero-order valence-corrected chi connectivity index (χ0v) is 12.0. The van der Waals surface area contributed by atoms with Gasteiger partial charge in [-0.3, -0.25) is 0 Å². The van der Waals surface area contributed by atoms with Gasteiger partial charge in [-0.15, -0.1) is 0 Å². The van der Waals surface area contributed by atoms with Gasteiger partial charge >= 0.3 is 0 Å². The summed E-state index contributed by atoms with van der Waals surface area (Å²) in [5.74, 6) is -0.170. The summed E-state index contributed by atoms with van der Waals surface area (Å²) >= 11 is 5.45. The summed E-state index contributed by atoms with van der Waals surface area (Å²) in [6.07, 6.45) is 7.52. The van der Waals surface area contributed by atoms with Crippen molar-refractivity contribution in [2.75, 3.05) is 0 Å². The molecule has 4 heteroatoms. The minimum absolute atomic E-state index is 0.170. The summed E-state index contributed by atoms with van der Waals surface area (Å²) in [7, 11) is 0. The van der Waals surface area contributed by atoms with E-state index in [9.17, 15) is 4.39 Å². The van der Waals surface area contributed by atoms with Crippen LogP contribution < -0.4 is 0 Å². The number of aryl methyl sites for hydroxylation is 1. The van der Waals surface area contributed by atoms with Gasteiger partial charge in [-0.1, -0.05) is 25.7 Å². The van der Waals surface area contributed by atoms with Crippen molar-refractivity contribution in [1.82, 2.24) is 9.55 Å². The lowest BCUT2D eigenvalue weighted by molar-refractivity contribution is 0.450. The number of nitrogens with one attached hydrogen (secondary N) is 1. The van der Waals surface area contributed by atoms with E-state index >= 15 is 0 Å². The quantitative estimate of drug-likeness (QED) is 0.572. The first-order valence-corrected chi connectivity index (χ1v) is 7.48. The highest BCUT2D eigenvalue weighted by Crippen LogP contribution is 2.31. The second kappa shape index (κ2) is 5.08. The normalized spacial score (nSPS) is 17.8. The number of rotatable bonds is 1. The van der Waals surface area contributed by atoms with E-state index in [4.69, 9.17) is 12.2 Å². The van der Waals surface area contributed by atoms with Gasteiger partial charge in [0.2, 0.25) is 0 Å². The first-order chi connectivity index (χ1) is 9.16. The highest BCUT2D eigenvalue weighted by Gasteiger charge is 2.18. The van der Waals surface area contributed by atoms with Crippen LogP contribution >= 0.6 is 12.2 Å². The summed E-state index contributed by atoms with van der Waals surface area (Å²) in [5.41, 5.74) is 2.55. The molecule has 3 rings (SSSR count). The van der Waals surface area contributed by atoms with Crippen LogP contribution in [0, 0.1) is 17.5 Å². The topological polar surface area (TPSA) is 20.7 Å². The molecule has 102 valence electrons. The number of imidazole rings is 1. The molecular weight excluding hydrogens is 259 g/mol. The van der Waals surface area contributed by atoms with Gasteiger partial charge < -0.3 is 9.55 Å². The van der Waals surface area contributed by atoms with Crippen LogP contribution in [-0.2, 0) is 0 Å². The van der Waals surface area contributed by atoms with Crippen LogP contribution in [0.4, 0.5) is 4.39 Å². The molecule has 0 bridgehead atoms. The predicted molar refractivity (Wildman–Crippen MR) is 78.6 cm³/mol. The van der Waals surface area contributed by atoms with E-state index in [-0.39, 0.29) is 5.82 Å². The lowest BCUT2D eigenvalue weighted by Crippen LogP contribution is -2.08. The summed E-state index contributed by atoms with van der Waals surface area (Å²) in [6, 6.07) is 3.95. The monoisotopic (exact) mass is 278 g/mol. The third kappa shape index (κ3) is 2.34. The molecule has 0 saturated heterocycles. The van der Waals surface area contributed by atoms with Crippen molar-refractivity contribution < 1.29 is 4.39 Å². The first-order valence-electron chi connectivity index (χ1n) is 7.07. The van der Waals surface area contributed by atoms with Gasteiger partial charge in [-0.2, -0.15) is 0 Å². The average Bonchev–Trinajstić information content (AvgIpc) is 2.57. The second-order valence-electron chi connectivity index (χ2n) is 5.56. The average molecular weight is 278 g/mol. The summed E-state index contributed by atoms with van der Waals surface area (Å²) in [4.78, 5) is 3.15. The molecule has 0 radical (unpaired) electrons. The van der Waals surface area contributed by atoms with E-state index in [1.165, 1.54) is 38.5 Å². The van der Waals surface area contributed by atoms with E-state index in [1.807, 2.05) is 13.0 Å². The third-order valence-corrected chi connectivity index (χ3v) is 4.49. The number of benzene rings is 1. The van der Waals surface area contributed by atoms with Crippen molar-refractivity contribution in [1.29, 1.82) is 0 Å². The fourth-order valence-corrected chi connectivity index (χ4v) is 3.49. The molecule has 0 amide bonds. The molecule has 1 N–H and O–H groups in total. The van der Waals surface area contributed by atoms with Crippen LogP contribution in [0.25, 0.3) is 11.0 Å². The molecule has 1 fully saturated rings. The standard InChI is InChI=1S/C15H19FN2S/c1-10-8-14-13(9-12(10)16)17-15(19)18(14)11-6-4-2-3-5-7-11/h8-9,11H,2-7H2,1H3,(H,17,19). The summed E-state index contributed by atoms with van der Waals surface area (Å²) < 4.78 is 16.6. The Hall–Kier alpha value is -1.16. The van der Waals surface area contributed by atoms with Crippen LogP contribution in [0.5, 0.6) is 0 Å².